The third kappa shape index (κ3) is 2.76. The molecule has 0 spiro atoms. The molecule has 0 amide bonds. The van der Waals surface area contributed by atoms with E-state index in [1.807, 2.05) is 23.9 Å². The summed E-state index contributed by atoms with van der Waals surface area (Å²) in [6.45, 7) is 2.38. The number of thioether (sulfide) groups is 1. The minimum Gasteiger partial charge on any atom is -0.453 e. The molecular formula is C9H12BrNOS. The van der Waals surface area contributed by atoms with Gasteiger partial charge in [0.2, 0.25) is 0 Å². The Bertz CT molecular complexity index is 272. The van der Waals surface area contributed by atoms with Crippen LogP contribution in [0.25, 0.3) is 0 Å². The van der Waals surface area contributed by atoms with Crippen molar-refractivity contribution in [3.63, 3.8) is 0 Å². The molecule has 1 fully saturated rings. The minimum absolute atomic E-state index is 0.827. The van der Waals surface area contributed by atoms with E-state index in [0.29, 0.717) is 0 Å². The normalized spacial score (nSPS) is 17.3. The highest BCUT2D eigenvalue weighted by molar-refractivity contribution is 9.10. The van der Waals surface area contributed by atoms with Crippen molar-refractivity contribution in [1.82, 2.24) is 5.32 Å². The Balaban J connectivity index is 1.67. The van der Waals surface area contributed by atoms with E-state index in [1.165, 1.54) is 18.8 Å². The fourth-order valence-electron chi connectivity index (χ4n) is 1.22. The molecule has 0 bridgehead atoms. The number of nitrogens with one attached hydrogen (secondary N) is 1. The molecule has 1 saturated heterocycles. The fourth-order valence-corrected chi connectivity index (χ4v) is 2.61. The van der Waals surface area contributed by atoms with Crippen LogP contribution in [0.3, 0.4) is 0 Å². The molecule has 0 unspecified atom stereocenters. The molecule has 1 aliphatic rings. The second kappa shape index (κ2) is 4.53. The number of hydrogen-bond donors (Lipinski definition) is 1. The van der Waals surface area contributed by atoms with E-state index < -0.39 is 0 Å². The van der Waals surface area contributed by atoms with E-state index >= 15 is 0 Å². The molecule has 0 saturated carbocycles. The predicted octanol–water partition coefficient (Wildman–Crippen LogP) is 2.49. The summed E-state index contributed by atoms with van der Waals surface area (Å²) >= 11 is 5.24. The molecule has 0 aliphatic carbocycles. The van der Waals surface area contributed by atoms with E-state index in [4.69, 9.17) is 4.42 Å². The molecule has 2 heterocycles. The first-order valence-corrected chi connectivity index (χ1v) is 6.32. The Labute approximate surface area is 90.6 Å². The lowest BCUT2D eigenvalue weighted by Gasteiger charge is -2.26. The third-order valence-electron chi connectivity index (χ3n) is 2.09. The first-order chi connectivity index (χ1) is 6.34. The lowest BCUT2D eigenvalue weighted by molar-refractivity contribution is 0.385. The maximum absolute atomic E-state index is 5.40. The van der Waals surface area contributed by atoms with Gasteiger partial charge in [0, 0.05) is 0 Å². The molecule has 2 rings (SSSR count). The van der Waals surface area contributed by atoms with Gasteiger partial charge in [-0.05, 0) is 52.8 Å². The van der Waals surface area contributed by atoms with Crippen molar-refractivity contribution in [2.45, 2.75) is 5.75 Å². The molecule has 0 atom stereocenters. The molecule has 0 radical (unpaired) electrons. The molecular weight excluding hydrogens is 250 g/mol. The minimum atomic E-state index is 0.827. The first-order valence-electron chi connectivity index (χ1n) is 4.37. The Kier molecular flexibility index (Phi) is 3.35. The lowest BCUT2D eigenvalue weighted by Crippen LogP contribution is -2.43. The zero-order chi connectivity index (χ0) is 9.10. The van der Waals surface area contributed by atoms with E-state index in [1.54, 1.807) is 0 Å². The monoisotopic (exact) mass is 261 g/mol. The smallest absolute Gasteiger partial charge is 0.169 e. The number of furan rings is 1. The first kappa shape index (κ1) is 9.62. The number of hydrogen-bond acceptors (Lipinski definition) is 3. The molecule has 4 heteroatoms. The van der Waals surface area contributed by atoms with E-state index in [-0.39, 0.29) is 0 Å². The van der Waals surface area contributed by atoms with Crippen LogP contribution in [0.4, 0.5) is 0 Å². The van der Waals surface area contributed by atoms with Gasteiger partial charge in [-0.2, -0.15) is 11.8 Å². The largest absolute Gasteiger partial charge is 0.453 e. The van der Waals surface area contributed by atoms with Gasteiger partial charge in [-0.3, -0.25) is 0 Å². The summed E-state index contributed by atoms with van der Waals surface area (Å²) in [5.41, 5.74) is 0. The second-order valence-electron chi connectivity index (χ2n) is 3.25. The van der Waals surface area contributed by atoms with Crippen molar-refractivity contribution < 1.29 is 4.42 Å². The number of rotatable bonds is 4. The van der Waals surface area contributed by atoms with Crippen LogP contribution in [-0.4, -0.2) is 18.8 Å². The maximum atomic E-state index is 5.40. The molecule has 2 nitrogen and oxygen atoms in total. The van der Waals surface area contributed by atoms with Crippen LogP contribution in [0, 0.1) is 5.92 Å². The van der Waals surface area contributed by atoms with E-state index in [2.05, 4.69) is 21.2 Å². The molecule has 1 aromatic rings. The van der Waals surface area contributed by atoms with E-state index in [0.717, 1.165) is 22.1 Å². The zero-order valence-corrected chi connectivity index (χ0v) is 9.66. The van der Waals surface area contributed by atoms with Crippen molar-refractivity contribution in [2.24, 2.45) is 5.92 Å². The average Bonchev–Trinajstić information content (AvgIpc) is 2.42. The van der Waals surface area contributed by atoms with Gasteiger partial charge in [0.25, 0.3) is 0 Å². The SMILES string of the molecule is Brc1ccc(CSCC2CNC2)o1. The highest BCUT2D eigenvalue weighted by Gasteiger charge is 2.16. The van der Waals surface area contributed by atoms with Crippen LogP contribution in [0.2, 0.25) is 0 Å². The molecule has 1 N–H and O–H groups in total. The second-order valence-corrected chi connectivity index (χ2v) is 5.06. The number of halogens is 1. The van der Waals surface area contributed by atoms with Crippen LogP contribution in [-0.2, 0) is 5.75 Å². The van der Waals surface area contributed by atoms with Crippen molar-refractivity contribution >= 4 is 27.7 Å². The van der Waals surface area contributed by atoms with Crippen LogP contribution < -0.4 is 5.32 Å². The standard InChI is InChI=1S/C9H12BrNOS/c10-9-2-1-8(12-9)6-13-5-7-3-11-4-7/h1-2,7,11H,3-6H2. The van der Waals surface area contributed by atoms with Crippen LogP contribution in [0.15, 0.2) is 21.2 Å². The zero-order valence-electron chi connectivity index (χ0n) is 7.25. The van der Waals surface area contributed by atoms with Gasteiger partial charge in [0.1, 0.15) is 5.76 Å². The summed E-state index contributed by atoms with van der Waals surface area (Å²) in [5.74, 6) is 4.17. The van der Waals surface area contributed by atoms with Gasteiger partial charge >= 0.3 is 0 Å². The summed E-state index contributed by atoms with van der Waals surface area (Å²) in [6.07, 6.45) is 0. The van der Waals surface area contributed by atoms with Gasteiger partial charge in [0.05, 0.1) is 5.75 Å². The highest BCUT2D eigenvalue weighted by atomic mass is 79.9. The van der Waals surface area contributed by atoms with Gasteiger partial charge in [-0.15, -0.1) is 0 Å². The quantitative estimate of drug-likeness (QED) is 0.902. The lowest BCUT2D eigenvalue weighted by atomic mass is 10.1. The average molecular weight is 262 g/mol. The molecule has 1 aliphatic heterocycles. The Morgan fingerprint density at radius 3 is 2.92 bits per heavy atom. The summed E-state index contributed by atoms with van der Waals surface area (Å²) in [4.78, 5) is 0. The molecule has 13 heavy (non-hydrogen) atoms. The Morgan fingerprint density at radius 2 is 2.38 bits per heavy atom. The van der Waals surface area contributed by atoms with Crippen molar-refractivity contribution in [3.05, 3.63) is 22.6 Å². The van der Waals surface area contributed by atoms with Crippen molar-refractivity contribution in [3.8, 4) is 0 Å². The van der Waals surface area contributed by atoms with E-state index in [9.17, 15) is 0 Å². The topological polar surface area (TPSA) is 25.2 Å². The molecule has 1 aromatic heterocycles. The van der Waals surface area contributed by atoms with Gasteiger partial charge < -0.3 is 9.73 Å². The Hall–Kier alpha value is 0.0700. The van der Waals surface area contributed by atoms with Crippen LogP contribution in [0.5, 0.6) is 0 Å². The maximum Gasteiger partial charge on any atom is 0.169 e. The van der Waals surface area contributed by atoms with Crippen molar-refractivity contribution in [1.29, 1.82) is 0 Å². The van der Waals surface area contributed by atoms with Crippen molar-refractivity contribution in [2.75, 3.05) is 18.8 Å². The predicted molar refractivity (Wildman–Crippen MR) is 58.9 cm³/mol. The summed E-state index contributed by atoms with van der Waals surface area (Å²) < 4.78 is 6.22. The highest BCUT2D eigenvalue weighted by Crippen LogP contribution is 2.21. The fraction of sp³-hybridized carbons (Fsp3) is 0.556. The van der Waals surface area contributed by atoms with Crippen LogP contribution >= 0.6 is 27.7 Å². The summed E-state index contributed by atoms with van der Waals surface area (Å²) in [6, 6.07) is 3.97. The Morgan fingerprint density at radius 1 is 1.54 bits per heavy atom. The summed E-state index contributed by atoms with van der Waals surface area (Å²) in [5, 5.41) is 3.27. The van der Waals surface area contributed by atoms with Gasteiger partial charge in [-0.25, -0.2) is 0 Å². The van der Waals surface area contributed by atoms with Gasteiger partial charge in [-0.1, -0.05) is 0 Å². The third-order valence-corrected chi connectivity index (χ3v) is 3.71. The summed E-state index contributed by atoms with van der Waals surface area (Å²) in [7, 11) is 0. The van der Waals surface area contributed by atoms with Gasteiger partial charge in [0.15, 0.2) is 4.67 Å². The van der Waals surface area contributed by atoms with Crippen LogP contribution in [0.1, 0.15) is 5.76 Å². The molecule has 0 aromatic carbocycles. The molecule has 72 valence electrons.